The van der Waals surface area contributed by atoms with Crippen LogP contribution in [0.1, 0.15) is 128 Å². The summed E-state index contributed by atoms with van der Waals surface area (Å²) >= 11 is 0. The van der Waals surface area contributed by atoms with Crippen molar-refractivity contribution >= 4 is 72.7 Å². The minimum atomic E-state index is -0.809. The van der Waals surface area contributed by atoms with Crippen molar-refractivity contribution in [3.05, 3.63) is 281 Å². The second-order valence-corrected chi connectivity index (χ2v) is 27.0. The minimum Gasteiger partial charge on any atom is -0.310 e. The molecule has 0 saturated heterocycles. The van der Waals surface area contributed by atoms with Crippen molar-refractivity contribution in [2.45, 2.75) is 110 Å². The van der Waals surface area contributed by atoms with Crippen LogP contribution in [0, 0.1) is 0 Å². The SMILES string of the molecule is CC(C)(C)c1ccc(N(c2ccc(C(C)(C)C)cc2)c2cc3c(c4ccccc24)-c2c(cc(N(c4ccc(C(C)(C)C)cc4)c4ccc(C(C)(C)C)cc4)c4ccccc24)C32c3ccccc3N(c3ccccc3)c3ccccc32)cc1. The molecule has 406 valence electrons. The summed E-state index contributed by atoms with van der Waals surface area (Å²) in [7, 11) is 0. The Hall–Kier alpha value is -8.66. The van der Waals surface area contributed by atoms with Crippen molar-refractivity contribution in [3.63, 3.8) is 0 Å². The van der Waals surface area contributed by atoms with Crippen LogP contribution in [0.5, 0.6) is 0 Å². The summed E-state index contributed by atoms with van der Waals surface area (Å²) in [6, 6.07) is 90.4. The van der Waals surface area contributed by atoms with Crippen molar-refractivity contribution in [2.24, 2.45) is 0 Å². The van der Waals surface area contributed by atoms with E-state index in [0.29, 0.717) is 0 Å². The number of rotatable bonds is 7. The highest BCUT2D eigenvalue weighted by Gasteiger charge is 2.53. The van der Waals surface area contributed by atoms with Gasteiger partial charge < -0.3 is 14.7 Å². The molecular weight excluding hydrogens is 991 g/mol. The van der Waals surface area contributed by atoms with Gasteiger partial charge in [-0.05, 0) is 173 Å². The summed E-state index contributed by atoms with van der Waals surface area (Å²) in [5, 5.41) is 4.84. The zero-order valence-electron chi connectivity index (χ0n) is 49.9. The predicted octanol–water partition coefficient (Wildman–Crippen LogP) is 22.3. The monoisotopic (exact) mass is 1070 g/mol. The quantitative estimate of drug-likeness (QED) is 0.157. The summed E-state index contributed by atoms with van der Waals surface area (Å²) < 4.78 is 0. The van der Waals surface area contributed by atoms with E-state index in [0.717, 1.165) is 51.2 Å². The zero-order chi connectivity index (χ0) is 57.1. The maximum absolute atomic E-state index is 2.60. The van der Waals surface area contributed by atoms with Crippen LogP contribution >= 0.6 is 0 Å². The lowest BCUT2D eigenvalue weighted by Crippen LogP contribution is -2.36. The smallest absolute Gasteiger partial charge is 0.0756 e. The van der Waals surface area contributed by atoms with Crippen molar-refractivity contribution in [2.75, 3.05) is 14.7 Å². The van der Waals surface area contributed by atoms with Crippen LogP contribution in [-0.2, 0) is 27.1 Å². The molecule has 1 spiro atoms. The Bertz CT molecular complexity index is 3840. The number of anilines is 9. The Morgan fingerprint density at radius 2 is 0.561 bits per heavy atom. The first-order chi connectivity index (χ1) is 39.2. The summed E-state index contributed by atoms with van der Waals surface area (Å²) in [5.41, 5.74) is 22.1. The van der Waals surface area contributed by atoms with E-state index in [1.165, 1.54) is 77.2 Å². The normalized spacial score (nSPS) is 13.7. The van der Waals surface area contributed by atoms with Gasteiger partial charge in [-0.25, -0.2) is 0 Å². The molecule has 0 N–H and O–H groups in total. The van der Waals surface area contributed by atoms with Gasteiger partial charge in [-0.15, -0.1) is 0 Å². The second kappa shape index (κ2) is 19.2. The van der Waals surface area contributed by atoms with Crippen molar-refractivity contribution in [1.82, 2.24) is 0 Å². The van der Waals surface area contributed by atoms with E-state index in [2.05, 4.69) is 334 Å². The van der Waals surface area contributed by atoms with Gasteiger partial charge in [0.25, 0.3) is 0 Å². The summed E-state index contributed by atoms with van der Waals surface area (Å²) in [4.78, 5) is 7.56. The van der Waals surface area contributed by atoms with Crippen LogP contribution in [0.2, 0.25) is 0 Å². The molecule has 1 heterocycles. The van der Waals surface area contributed by atoms with Gasteiger partial charge in [0.05, 0.1) is 28.2 Å². The summed E-state index contributed by atoms with van der Waals surface area (Å²) in [5.74, 6) is 0. The van der Waals surface area contributed by atoms with Gasteiger partial charge in [-0.1, -0.05) is 235 Å². The first kappa shape index (κ1) is 52.7. The van der Waals surface area contributed by atoms with Crippen LogP contribution in [0.25, 0.3) is 32.7 Å². The maximum Gasteiger partial charge on any atom is 0.0756 e. The molecule has 0 amide bonds. The van der Waals surface area contributed by atoms with E-state index >= 15 is 0 Å². The molecule has 0 atom stereocenters. The molecule has 0 radical (unpaired) electrons. The number of benzene rings is 11. The molecule has 0 aromatic heterocycles. The van der Waals surface area contributed by atoms with E-state index in [9.17, 15) is 0 Å². The highest BCUT2D eigenvalue weighted by molar-refractivity contribution is 6.19. The third kappa shape index (κ3) is 8.54. The average Bonchev–Trinajstić information content (AvgIpc) is 1.58. The first-order valence-electron chi connectivity index (χ1n) is 29.4. The fraction of sp³-hybridized carbons (Fsp3) is 0.215. The lowest BCUT2D eigenvalue weighted by atomic mass is 9.64. The van der Waals surface area contributed by atoms with E-state index in [1.807, 2.05) is 0 Å². The van der Waals surface area contributed by atoms with Crippen LogP contribution in [-0.4, -0.2) is 0 Å². The molecule has 2 aliphatic rings. The van der Waals surface area contributed by atoms with E-state index < -0.39 is 5.41 Å². The summed E-state index contributed by atoms with van der Waals surface area (Å²) in [6.07, 6.45) is 0. The molecule has 3 nitrogen and oxygen atoms in total. The van der Waals surface area contributed by atoms with Crippen molar-refractivity contribution in [1.29, 1.82) is 0 Å². The van der Waals surface area contributed by atoms with E-state index in [-0.39, 0.29) is 21.7 Å². The molecule has 11 aromatic carbocycles. The standard InChI is InChI=1S/C79H75N3/c1-75(2,3)52-34-42-57(43-35-52)80(58-44-36-53(37-45-58)76(4,5)6)71-50-67-73(63-28-18-16-26-61(63)71)74-64-29-19-17-27-62(64)72(81(59-46-38-54(39-47-59)77(7,8)9)60-48-40-55(41-49-60)78(10,11)12)51-68(74)79(67)65-30-20-22-32-69(65)82(56-24-14-13-15-25-56)70-33-23-21-31-66(70)79/h13-51H,1-12H3. The fourth-order valence-electron chi connectivity index (χ4n) is 13.3. The highest BCUT2D eigenvalue weighted by Crippen LogP contribution is 2.67. The Balaban J connectivity index is 1.19. The molecule has 0 unspecified atom stereocenters. The fourth-order valence-corrected chi connectivity index (χ4v) is 13.3. The van der Waals surface area contributed by atoms with Gasteiger partial charge >= 0.3 is 0 Å². The highest BCUT2D eigenvalue weighted by atomic mass is 15.2. The number of hydrogen-bond acceptors (Lipinski definition) is 3. The van der Waals surface area contributed by atoms with Gasteiger partial charge in [-0.3, -0.25) is 0 Å². The third-order valence-corrected chi connectivity index (χ3v) is 17.7. The molecule has 1 aliphatic carbocycles. The Kier molecular flexibility index (Phi) is 12.4. The Morgan fingerprint density at radius 3 is 0.878 bits per heavy atom. The minimum absolute atomic E-state index is 0.00546. The third-order valence-electron chi connectivity index (χ3n) is 17.7. The molecule has 0 bridgehead atoms. The van der Waals surface area contributed by atoms with Gasteiger partial charge in [0, 0.05) is 39.2 Å². The lowest BCUT2D eigenvalue weighted by Gasteiger charge is -2.45. The molecule has 11 aromatic rings. The molecule has 82 heavy (non-hydrogen) atoms. The molecule has 13 rings (SSSR count). The van der Waals surface area contributed by atoms with Gasteiger partial charge in [0.2, 0.25) is 0 Å². The van der Waals surface area contributed by atoms with E-state index in [1.54, 1.807) is 0 Å². The first-order valence-corrected chi connectivity index (χ1v) is 29.4. The molecular formula is C79H75N3. The number of nitrogens with zero attached hydrogens (tertiary/aromatic N) is 3. The largest absolute Gasteiger partial charge is 0.310 e. The van der Waals surface area contributed by atoms with Crippen LogP contribution in [0.15, 0.2) is 237 Å². The molecule has 3 heteroatoms. The predicted molar refractivity (Wildman–Crippen MR) is 351 cm³/mol. The summed E-state index contributed by atoms with van der Waals surface area (Å²) in [6.45, 7) is 27.6. The maximum atomic E-state index is 2.60. The number of fused-ring (bicyclic) bond motifs is 13. The average molecular weight is 1070 g/mol. The van der Waals surface area contributed by atoms with Crippen LogP contribution in [0.4, 0.5) is 51.2 Å². The van der Waals surface area contributed by atoms with Gasteiger partial charge in [0.15, 0.2) is 0 Å². The molecule has 0 saturated carbocycles. The zero-order valence-corrected chi connectivity index (χ0v) is 49.9. The lowest BCUT2D eigenvalue weighted by molar-refractivity contribution is 0.590. The van der Waals surface area contributed by atoms with Crippen LogP contribution < -0.4 is 14.7 Å². The van der Waals surface area contributed by atoms with Crippen LogP contribution in [0.3, 0.4) is 0 Å². The number of para-hydroxylation sites is 3. The molecule has 1 aliphatic heterocycles. The van der Waals surface area contributed by atoms with Crippen molar-refractivity contribution < 1.29 is 0 Å². The Morgan fingerprint density at radius 1 is 0.280 bits per heavy atom. The second-order valence-electron chi connectivity index (χ2n) is 27.0. The van der Waals surface area contributed by atoms with Gasteiger partial charge in [0.1, 0.15) is 0 Å². The Labute approximate surface area is 487 Å². The topological polar surface area (TPSA) is 9.72 Å². The van der Waals surface area contributed by atoms with E-state index in [4.69, 9.17) is 0 Å². The molecule has 0 fully saturated rings. The number of hydrogen-bond donors (Lipinski definition) is 0. The van der Waals surface area contributed by atoms with Gasteiger partial charge in [-0.2, -0.15) is 0 Å². The van der Waals surface area contributed by atoms with Crippen molar-refractivity contribution in [3.8, 4) is 11.1 Å².